The van der Waals surface area contributed by atoms with Crippen LogP contribution in [0.3, 0.4) is 0 Å². The number of hydrogen-bond donors (Lipinski definition) is 0. The molecule has 1 unspecified atom stereocenters. The summed E-state index contributed by atoms with van der Waals surface area (Å²) in [5.41, 5.74) is 3.54. The first kappa shape index (κ1) is 29.1. The van der Waals surface area contributed by atoms with Crippen molar-refractivity contribution in [1.29, 1.82) is 0 Å². The van der Waals surface area contributed by atoms with Gasteiger partial charge in [-0.05, 0) is 36.1 Å². The van der Waals surface area contributed by atoms with Crippen LogP contribution in [-0.2, 0) is 49.3 Å². The first-order valence-electron chi connectivity index (χ1n) is 12.1. The second kappa shape index (κ2) is 12.9. The fourth-order valence-corrected chi connectivity index (χ4v) is 4.51. The number of aryl methyl sites for hydroxylation is 1. The van der Waals surface area contributed by atoms with Crippen molar-refractivity contribution in [1.82, 2.24) is 0 Å². The summed E-state index contributed by atoms with van der Waals surface area (Å²) in [6.45, 7) is 6.50. The molecule has 1 aliphatic rings. The van der Waals surface area contributed by atoms with Gasteiger partial charge in [0.05, 0.1) is 0 Å². The van der Waals surface area contributed by atoms with Crippen LogP contribution in [0.15, 0.2) is 42.5 Å². The van der Waals surface area contributed by atoms with Gasteiger partial charge in [-0.25, -0.2) is 0 Å². The summed E-state index contributed by atoms with van der Waals surface area (Å²) in [6, 6.07) is 13.3. The molecule has 2 aromatic rings. The predicted molar refractivity (Wildman–Crippen MR) is 136 cm³/mol. The van der Waals surface area contributed by atoms with Gasteiger partial charge in [0.15, 0.2) is 18.3 Å². The smallest absolute Gasteiger partial charge is 0.303 e. The summed E-state index contributed by atoms with van der Waals surface area (Å²) in [5.74, 6) is -2.61. The molecule has 1 fully saturated rings. The third-order valence-electron chi connectivity index (χ3n) is 5.90. The van der Waals surface area contributed by atoms with Crippen molar-refractivity contribution in [2.24, 2.45) is 0 Å². The van der Waals surface area contributed by atoms with E-state index < -0.39 is 54.4 Å². The Hall–Kier alpha value is -3.43. The van der Waals surface area contributed by atoms with Crippen LogP contribution >= 0.6 is 11.6 Å². The van der Waals surface area contributed by atoms with Gasteiger partial charge < -0.3 is 23.7 Å². The topological polar surface area (TPSA) is 114 Å². The monoisotopic (exact) mass is 546 g/mol. The number of ether oxygens (including phenoxy) is 5. The van der Waals surface area contributed by atoms with Crippen molar-refractivity contribution in [2.45, 2.75) is 71.6 Å². The molecule has 204 valence electrons. The second-order valence-corrected chi connectivity index (χ2v) is 9.54. The van der Waals surface area contributed by atoms with E-state index in [9.17, 15) is 19.2 Å². The lowest BCUT2D eigenvalue weighted by molar-refractivity contribution is -0.254. The van der Waals surface area contributed by atoms with Crippen LogP contribution < -0.4 is 0 Å². The maximum atomic E-state index is 12.1. The van der Waals surface area contributed by atoms with Crippen LogP contribution in [0, 0.1) is 6.92 Å². The van der Waals surface area contributed by atoms with Crippen molar-refractivity contribution in [3.63, 3.8) is 0 Å². The van der Waals surface area contributed by atoms with Crippen molar-refractivity contribution in [3.8, 4) is 0 Å². The summed E-state index contributed by atoms with van der Waals surface area (Å²) in [4.78, 5) is 47.7. The van der Waals surface area contributed by atoms with E-state index in [1.807, 2.05) is 37.3 Å². The molecule has 2 aromatic carbocycles. The summed E-state index contributed by atoms with van der Waals surface area (Å²) >= 11 is 6.52. The Morgan fingerprint density at radius 2 is 1.37 bits per heavy atom. The molecule has 9 nitrogen and oxygen atoms in total. The van der Waals surface area contributed by atoms with Crippen molar-refractivity contribution < 1.29 is 42.9 Å². The Balaban J connectivity index is 2.06. The zero-order valence-corrected chi connectivity index (χ0v) is 22.7. The van der Waals surface area contributed by atoms with E-state index in [1.165, 1.54) is 27.7 Å². The number of carbonyl (C=O) groups is 4. The summed E-state index contributed by atoms with van der Waals surface area (Å²) in [6.07, 6.45) is -5.10. The van der Waals surface area contributed by atoms with Gasteiger partial charge in [0.25, 0.3) is 0 Å². The molecule has 1 aliphatic heterocycles. The molecular weight excluding hydrogens is 516 g/mol. The minimum absolute atomic E-state index is 0.294. The first-order valence-corrected chi connectivity index (χ1v) is 12.5. The average Bonchev–Trinajstić information content (AvgIpc) is 2.82. The Morgan fingerprint density at radius 1 is 0.789 bits per heavy atom. The van der Waals surface area contributed by atoms with E-state index in [0.717, 1.165) is 16.7 Å². The summed E-state index contributed by atoms with van der Waals surface area (Å²) in [7, 11) is 0. The van der Waals surface area contributed by atoms with Crippen LogP contribution in [0.1, 0.15) is 56.1 Å². The Labute approximate surface area is 226 Å². The van der Waals surface area contributed by atoms with Crippen molar-refractivity contribution in [2.75, 3.05) is 6.61 Å². The van der Waals surface area contributed by atoms with Crippen LogP contribution in [0.2, 0.25) is 5.02 Å². The highest BCUT2D eigenvalue weighted by molar-refractivity contribution is 6.31. The molecule has 0 aromatic heterocycles. The highest BCUT2D eigenvalue weighted by Gasteiger charge is 2.52. The van der Waals surface area contributed by atoms with Gasteiger partial charge >= 0.3 is 23.9 Å². The third-order valence-corrected chi connectivity index (χ3v) is 6.27. The number of benzene rings is 2. The van der Waals surface area contributed by atoms with Gasteiger partial charge in [-0.3, -0.25) is 19.2 Å². The molecular formula is C28H31ClO9. The van der Waals surface area contributed by atoms with Crippen LogP contribution in [0.4, 0.5) is 0 Å². The number of esters is 4. The molecule has 0 amide bonds. The lowest BCUT2D eigenvalue weighted by atomic mass is 9.89. The van der Waals surface area contributed by atoms with E-state index in [2.05, 4.69) is 0 Å². The molecule has 1 heterocycles. The standard InChI is InChI=1S/C28H31ClO9/c1-15-6-8-20(9-7-15)12-22-13-21(10-11-23(22)29)25-27(36-18(4)32)28(37-19(5)33)26(35-17(3)31)24(38-25)14-34-16(2)30/h6-11,13,24-28H,12,14H2,1-5H3/t24-,25+,26?,27+,28+/m1/s1. The fourth-order valence-electron chi connectivity index (χ4n) is 4.33. The lowest BCUT2D eigenvalue weighted by Crippen LogP contribution is -2.59. The van der Waals surface area contributed by atoms with Gasteiger partial charge in [0, 0.05) is 32.7 Å². The molecule has 0 saturated carbocycles. The first-order chi connectivity index (χ1) is 17.9. The Bertz CT molecular complexity index is 1180. The van der Waals surface area contributed by atoms with E-state index in [1.54, 1.807) is 12.1 Å². The zero-order valence-electron chi connectivity index (χ0n) is 21.9. The molecule has 5 atom stereocenters. The maximum absolute atomic E-state index is 12.1. The molecule has 0 aliphatic carbocycles. The van der Waals surface area contributed by atoms with E-state index >= 15 is 0 Å². The van der Waals surface area contributed by atoms with Crippen molar-refractivity contribution >= 4 is 35.5 Å². The third kappa shape index (κ3) is 7.79. The van der Waals surface area contributed by atoms with Gasteiger partial charge in [0.1, 0.15) is 18.8 Å². The lowest BCUT2D eigenvalue weighted by Gasteiger charge is -2.44. The van der Waals surface area contributed by atoms with Crippen molar-refractivity contribution in [3.05, 3.63) is 69.7 Å². The van der Waals surface area contributed by atoms with E-state index in [4.69, 9.17) is 35.3 Å². The normalized spacial score (nSPS) is 22.7. The Kier molecular flexibility index (Phi) is 9.88. The molecule has 1 saturated heterocycles. The van der Waals surface area contributed by atoms with E-state index in [-0.39, 0.29) is 6.61 Å². The molecule has 3 rings (SSSR count). The maximum Gasteiger partial charge on any atom is 0.303 e. The molecule has 0 spiro atoms. The zero-order chi connectivity index (χ0) is 28.0. The van der Waals surface area contributed by atoms with E-state index in [0.29, 0.717) is 17.0 Å². The fraction of sp³-hybridized carbons (Fsp3) is 0.429. The SMILES string of the molecule is CC(=O)OC[C@H]1O[C@@H](c2ccc(Cl)c(Cc3ccc(C)cc3)c2)[C@H](OC(C)=O)[C@@H](OC(C)=O)C1OC(C)=O. The molecule has 0 radical (unpaired) electrons. The van der Waals surface area contributed by atoms with Gasteiger partial charge in [0.2, 0.25) is 0 Å². The van der Waals surface area contributed by atoms with Crippen LogP contribution in [-0.4, -0.2) is 54.9 Å². The predicted octanol–water partition coefficient (Wildman–Crippen LogP) is 4.04. The van der Waals surface area contributed by atoms with Gasteiger partial charge in [-0.1, -0.05) is 53.6 Å². The molecule has 0 N–H and O–H groups in total. The number of rotatable bonds is 8. The number of halogens is 1. The van der Waals surface area contributed by atoms with Crippen LogP contribution in [0.25, 0.3) is 0 Å². The highest BCUT2D eigenvalue weighted by Crippen LogP contribution is 2.39. The minimum Gasteiger partial charge on any atom is -0.463 e. The summed E-state index contributed by atoms with van der Waals surface area (Å²) in [5, 5.41) is 0.528. The molecule has 10 heteroatoms. The number of hydrogen-bond acceptors (Lipinski definition) is 9. The molecule has 38 heavy (non-hydrogen) atoms. The Morgan fingerprint density at radius 3 is 1.95 bits per heavy atom. The van der Waals surface area contributed by atoms with Gasteiger partial charge in [-0.2, -0.15) is 0 Å². The quantitative estimate of drug-likeness (QED) is 0.357. The number of carbonyl (C=O) groups excluding carboxylic acids is 4. The van der Waals surface area contributed by atoms with Gasteiger partial charge in [-0.15, -0.1) is 0 Å². The minimum atomic E-state index is -1.24. The second-order valence-electron chi connectivity index (χ2n) is 9.13. The summed E-state index contributed by atoms with van der Waals surface area (Å²) < 4.78 is 28.0. The molecule has 0 bridgehead atoms. The average molecular weight is 547 g/mol. The largest absolute Gasteiger partial charge is 0.463 e. The van der Waals surface area contributed by atoms with Crippen LogP contribution in [0.5, 0.6) is 0 Å². The highest BCUT2D eigenvalue weighted by atomic mass is 35.5.